The number of benzene rings is 3. The van der Waals surface area contributed by atoms with Crippen LogP contribution in [0.1, 0.15) is 39.6 Å². The Morgan fingerprint density at radius 2 is 1.84 bits per heavy atom. The van der Waals surface area contributed by atoms with Crippen LogP contribution in [0.15, 0.2) is 54.6 Å². The Labute approximate surface area is 189 Å². The minimum Gasteiger partial charge on any atom is -0.366 e. The van der Waals surface area contributed by atoms with Gasteiger partial charge >= 0.3 is 0 Å². The number of primary amides is 1. The Balaban J connectivity index is 1.78. The average molecular weight is 457 g/mol. The summed E-state index contributed by atoms with van der Waals surface area (Å²) in [6.07, 6.45) is 1.45. The van der Waals surface area contributed by atoms with Crippen LogP contribution in [0.25, 0.3) is 11.1 Å². The molecule has 0 saturated heterocycles. The van der Waals surface area contributed by atoms with Crippen molar-refractivity contribution in [2.24, 2.45) is 5.73 Å². The fraction of sp³-hybridized carbons (Fsp3) is 0.167. The zero-order valence-corrected chi connectivity index (χ0v) is 18.2. The summed E-state index contributed by atoms with van der Waals surface area (Å²) >= 11 is 12.5. The molecule has 4 rings (SSSR count). The van der Waals surface area contributed by atoms with E-state index in [1.807, 2.05) is 25.1 Å². The number of nitrogens with zero attached hydrogens (tertiary/aromatic N) is 1. The van der Waals surface area contributed by atoms with Gasteiger partial charge in [-0.2, -0.15) is 0 Å². The van der Waals surface area contributed by atoms with Gasteiger partial charge in [0.05, 0.1) is 10.6 Å². The van der Waals surface area contributed by atoms with Crippen LogP contribution in [0, 0.1) is 5.82 Å². The maximum absolute atomic E-state index is 14.4. The summed E-state index contributed by atoms with van der Waals surface area (Å²) in [6, 6.07) is 14.5. The minimum absolute atomic E-state index is 0.0796. The molecule has 0 spiro atoms. The first-order valence-corrected chi connectivity index (χ1v) is 10.5. The van der Waals surface area contributed by atoms with E-state index in [0.29, 0.717) is 28.3 Å². The van der Waals surface area contributed by atoms with Gasteiger partial charge in [-0.15, -0.1) is 0 Å². The largest absolute Gasteiger partial charge is 0.366 e. The van der Waals surface area contributed by atoms with Gasteiger partial charge in [0.15, 0.2) is 0 Å². The summed E-state index contributed by atoms with van der Waals surface area (Å²) in [5.74, 6) is -1.66. The molecule has 3 aromatic carbocycles. The van der Waals surface area contributed by atoms with E-state index in [-0.39, 0.29) is 16.6 Å². The Morgan fingerprint density at radius 3 is 2.55 bits per heavy atom. The van der Waals surface area contributed by atoms with Gasteiger partial charge in [-0.05, 0) is 73.4 Å². The van der Waals surface area contributed by atoms with Crippen LogP contribution in [0.2, 0.25) is 10.0 Å². The molecule has 0 saturated carbocycles. The van der Waals surface area contributed by atoms with E-state index in [0.717, 1.165) is 17.5 Å². The van der Waals surface area contributed by atoms with E-state index in [9.17, 15) is 14.0 Å². The molecule has 1 aliphatic rings. The highest BCUT2D eigenvalue weighted by molar-refractivity contribution is 6.34. The number of halogens is 3. The quantitative estimate of drug-likeness (QED) is 0.534. The molecule has 0 aromatic heterocycles. The molecule has 4 nitrogen and oxygen atoms in total. The third-order valence-corrected chi connectivity index (χ3v) is 6.21. The highest BCUT2D eigenvalue weighted by Gasteiger charge is 2.31. The zero-order chi connectivity index (χ0) is 22.3. The summed E-state index contributed by atoms with van der Waals surface area (Å²) in [5.41, 5.74) is 8.73. The molecule has 3 aromatic rings. The number of nitrogens with two attached hydrogens (primary N) is 1. The van der Waals surface area contributed by atoms with Crippen molar-refractivity contribution in [3.63, 3.8) is 0 Å². The highest BCUT2D eigenvalue weighted by Crippen LogP contribution is 2.38. The first kappa shape index (κ1) is 21.3. The van der Waals surface area contributed by atoms with E-state index in [2.05, 4.69) is 0 Å². The van der Waals surface area contributed by atoms with Crippen molar-refractivity contribution in [1.82, 2.24) is 0 Å². The number of carbonyl (C=O) groups is 2. The van der Waals surface area contributed by atoms with Crippen LogP contribution >= 0.6 is 23.2 Å². The lowest BCUT2D eigenvalue weighted by molar-refractivity contribution is 0.0969. The predicted octanol–water partition coefficient (Wildman–Crippen LogP) is 5.88. The topological polar surface area (TPSA) is 63.4 Å². The Kier molecular flexibility index (Phi) is 5.73. The molecule has 1 aliphatic heterocycles. The molecule has 0 fully saturated rings. The zero-order valence-electron chi connectivity index (χ0n) is 16.7. The van der Waals surface area contributed by atoms with Gasteiger partial charge in [-0.1, -0.05) is 35.3 Å². The summed E-state index contributed by atoms with van der Waals surface area (Å²) < 4.78 is 14.4. The lowest BCUT2D eigenvalue weighted by Gasteiger charge is -2.36. The molecule has 31 heavy (non-hydrogen) atoms. The van der Waals surface area contributed by atoms with Crippen LogP contribution in [0.3, 0.4) is 0 Å². The Morgan fingerprint density at radius 1 is 1.06 bits per heavy atom. The number of amides is 2. The number of anilines is 1. The number of hydrogen-bond acceptors (Lipinski definition) is 2. The normalized spacial score (nSPS) is 15.5. The molecular formula is C24H19Cl2FN2O2. The third-order valence-electron chi connectivity index (χ3n) is 5.57. The molecule has 0 radical (unpaired) electrons. The molecule has 1 heterocycles. The monoisotopic (exact) mass is 456 g/mol. The number of aryl methyl sites for hydroxylation is 1. The van der Waals surface area contributed by atoms with Gasteiger partial charge in [-0.3, -0.25) is 9.59 Å². The van der Waals surface area contributed by atoms with Gasteiger partial charge in [0.25, 0.3) is 5.91 Å². The van der Waals surface area contributed by atoms with Crippen LogP contribution in [0.4, 0.5) is 10.1 Å². The van der Waals surface area contributed by atoms with Gasteiger partial charge in [0.1, 0.15) is 5.82 Å². The fourth-order valence-electron chi connectivity index (χ4n) is 3.95. The smallest absolute Gasteiger partial charge is 0.263 e. The van der Waals surface area contributed by atoms with Crippen LogP contribution in [0.5, 0.6) is 0 Å². The van der Waals surface area contributed by atoms with Crippen molar-refractivity contribution in [3.8, 4) is 11.1 Å². The van der Waals surface area contributed by atoms with Gasteiger partial charge < -0.3 is 10.6 Å². The van der Waals surface area contributed by atoms with E-state index >= 15 is 0 Å². The number of fused-ring (bicyclic) bond motifs is 1. The average Bonchev–Trinajstić information content (AvgIpc) is 2.73. The van der Waals surface area contributed by atoms with Crippen molar-refractivity contribution in [2.45, 2.75) is 25.8 Å². The first-order valence-electron chi connectivity index (χ1n) is 9.78. The highest BCUT2D eigenvalue weighted by atomic mass is 35.5. The lowest BCUT2D eigenvalue weighted by Crippen LogP contribution is -2.42. The van der Waals surface area contributed by atoms with E-state index in [1.54, 1.807) is 23.1 Å². The van der Waals surface area contributed by atoms with Crippen LogP contribution in [-0.4, -0.2) is 17.9 Å². The summed E-state index contributed by atoms with van der Waals surface area (Å²) in [5, 5.41) is 0.566. The summed E-state index contributed by atoms with van der Waals surface area (Å²) in [6.45, 7) is 1.93. The van der Waals surface area contributed by atoms with Crippen molar-refractivity contribution in [3.05, 3.63) is 87.2 Å². The van der Waals surface area contributed by atoms with E-state index < -0.39 is 17.6 Å². The number of carbonyl (C=O) groups excluding carboxylic acids is 2. The van der Waals surface area contributed by atoms with Crippen LogP contribution in [-0.2, 0) is 6.42 Å². The molecule has 7 heteroatoms. The second kappa shape index (κ2) is 8.33. The second-order valence-electron chi connectivity index (χ2n) is 7.56. The molecule has 158 valence electrons. The SMILES string of the molecule is CC1CCc2cc(-c3cc(C(N)=O)ccc3Cl)ccc2N1C(=O)c1c(F)cccc1Cl. The van der Waals surface area contributed by atoms with E-state index in [4.69, 9.17) is 28.9 Å². The van der Waals surface area contributed by atoms with E-state index in [1.165, 1.54) is 18.2 Å². The second-order valence-corrected chi connectivity index (χ2v) is 8.38. The molecule has 1 unspecified atom stereocenters. The van der Waals surface area contributed by atoms with Gasteiger partial charge in [-0.25, -0.2) is 4.39 Å². The molecule has 0 bridgehead atoms. The summed E-state index contributed by atoms with van der Waals surface area (Å²) in [4.78, 5) is 26.4. The van der Waals surface area contributed by atoms with Crippen LogP contribution < -0.4 is 10.6 Å². The predicted molar refractivity (Wildman–Crippen MR) is 121 cm³/mol. The number of hydrogen-bond donors (Lipinski definition) is 1. The molecular weight excluding hydrogens is 438 g/mol. The maximum atomic E-state index is 14.4. The minimum atomic E-state index is -0.650. The molecule has 0 aliphatic carbocycles. The summed E-state index contributed by atoms with van der Waals surface area (Å²) in [7, 11) is 0. The van der Waals surface area contributed by atoms with Crippen molar-refractivity contribution < 1.29 is 14.0 Å². The maximum Gasteiger partial charge on any atom is 0.263 e. The fourth-order valence-corrected chi connectivity index (χ4v) is 4.42. The van der Waals surface area contributed by atoms with Crippen molar-refractivity contribution in [1.29, 1.82) is 0 Å². The standard InChI is InChI=1S/C24H19Cl2FN2O2/c1-13-5-6-15-11-14(17-12-16(23(28)30)7-9-18(17)25)8-10-21(15)29(13)24(31)22-19(26)3-2-4-20(22)27/h2-4,7-13H,5-6H2,1H3,(H2,28,30). The van der Waals surface area contributed by atoms with Crippen molar-refractivity contribution in [2.75, 3.05) is 4.90 Å². The number of rotatable bonds is 3. The third kappa shape index (κ3) is 3.91. The first-order chi connectivity index (χ1) is 14.8. The molecule has 2 N–H and O–H groups in total. The molecule has 1 atom stereocenters. The lowest BCUT2D eigenvalue weighted by atomic mass is 9.92. The van der Waals surface area contributed by atoms with Crippen molar-refractivity contribution >= 4 is 40.7 Å². The molecule has 2 amide bonds. The van der Waals surface area contributed by atoms with Gasteiger partial charge in [0.2, 0.25) is 5.91 Å². The Hall–Kier alpha value is -2.89. The van der Waals surface area contributed by atoms with Gasteiger partial charge in [0, 0.05) is 27.9 Å². The Bertz CT molecular complexity index is 1190.